The first-order valence-electron chi connectivity index (χ1n) is 3.78. The highest BCUT2D eigenvalue weighted by atomic mass is 35.5. The smallest absolute Gasteiger partial charge is 0.106 e. The maximum absolute atomic E-state index is 8.76. The van der Waals surface area contributed by atoms with E-state index in [0.29, 0.717) is 6.61 Å². The number of aliphatic hydroxyl groups is 2. The van der Waals surface area contributed by atoms with Crippen LogP contribution in [0.4, 0.5) is 0 Å². The van der Waals surface area contributed by atoms with Crippen LogP contribution in [-0.2, 0) is 4.29 Å². The lowest BCUT2D eigenvalue weighted by molar-refractivity contribution is -0.0665. The van der Waals surface area contributed by atoms with Crippen LogP contribution in [0.25, 0.3) is 0 Å². The summed E-state index contributed by atoms with van der Waals surface area (Å²) in [6.07, 6.45) is -1.15. The van der Waals surface area contributed by atoms with Crippen molar-refractivity contribution in [3.8, 4) is 0 Å². The van der Waals surface area contributed by atoms with Crippen LogP contribution in [0.15, 0.2) is 0 Å². The molecule has 4 nitrogen and oxygen atoms in total. The van der Waals surface area contributed by atoms with Gasteiger partial charge in [0.2, 0.25) is 0 Å². The van der Waals surface area contributed by atoms with E-state index in [-0.39, 0.29) is 0 Å². The molecule has 0 radical (unpaired) electrons. The van der Waals surface area contributed by atoms with Crippen LogP contribution in [0, 0.1) is 0 Å². The molecule has 12 heavy (non-hydrogen) atoms. The number of halogens is 1. The van der Waals surface area contributed by atoms with Gasteiger partial charge in [-0.2, -0.15) is 0 Å². The molecule has 0 aromatic rings. The molecular weight excluding hydrogens is 182 g/mol. The van der Waals surface area contributed by atoms with E-state index in [1.54, 1.807) is 20.9 Å². The Bertz CT molecular complexity index is 80.7. The molecule has 2 N–H and O–H groups in total. The third kappa shape index (κ3) is 10.1. The highest BCUT2D eigenvalue weighted by Gasteiger charge is 2.08. The third-order valence-electron chi connectivity index (χ3n) is 1.29. The summed E-state index contributed by atoms with van der Waals surface area (Å²) in [7, 11) is 1.65. The van der Waals surface area contributed by atoms with E-state index >= 15 is 0 Å². The van der Waals surface area contributed by atoms with E-state index in [4.69, 9.17) is 10.2 Å². The molecule has 0 saturated heterocycles. The summed E-state index contributed by atoms with van der Waals surface area (Å²) in [4.78, 5) is 1.44. The molecule has 76 valence electrons. The Morgan fingerprint density at radius 1 is 1.33 bits per heavy atom. The van der Waals surface area contributed by atoms with Crippen LogP contribution in [0.1, 0.15) is 20.8 Å². The van der Waals surface area contributed by atoms with Crippen LogP contribution >= 0.6 is 11.9 Å². The van der Waals surface area contributed by atoms with Gasteiger partial charge in [-0.15, -0.1) is 0 Å². The maximum atomic E-state index is 8.76. The first-order valence-corrected chi connectivity index (χ1v) is 4.09. The highest BCUT2D eigenvalue weighted by Crippen LogP contribution is 1.93. The molecule has 0 bridgehead atoms. The van der Waals surface area contributed by atoms with Gasteiger partial charge >= 0.3 is 0 Å². The average molecular weight is 200 g/mol. The summed E-state index contributed by atoms with van der Waals surface area (Å²) in [5.41, 5.74) is 0. The molecule has 0 spiro atoms. The second-order valence-corrected chi connectivity index (χ2v) is 2.55. The summed E-state index contributed by atoms with van der Waals surface area (Å²) >= 11 is 4.69. The fourth-order valence-electron chi connectivity index (χ4n) is 0.312. The standard InChI is InChI=1S/C5H13NO2.C2H5ClO/c1-4(7)6(3)5(2)8;1-2-4-3/h4-5,7-8H,1-3H3;2H2,1H3. The number of rotatable bonds is 3. The molecule has 0 heterocycles. The van der Waals surface area contributed by atoms with Crippen molar-refractivity contribution in [2.24, 2.45) is 0 Å². The summed E-state index contributed by atoms with van der Waals surface area (Å²) in [5, 5.41) is 17.5. The largest absolute Gasteiger partial charge is 0.379 e. The fraction of sp³-hybridized carbons (Fsp3) is 1.00. The van der Waals surface area contributed by atoms with Gasteiger partial charge in [0, 0.05) is 0 Å². The third-order valence-corrected chi connectivity index (χ3v) is 1.51. The molecule has 0 saturated carbocycles. The van der Waals surface area contributed by atoms with Crippen molar-refractivity contribution in [1.29, 1.82) is 0 Å². The van der Waals surface area contributed by atoms with Crippen molar-refractivity contribution in [2.45, 2.75) is 33.2 Å². The van der Waals surface area contributed by atoms with E-state index in [0.717, 1.165) is 0 Å². The van der Waals surface area contributed by atoms with Crippen LogP contribution in [0.2, 0.25) is 0 Å². The molecule has 2 unspecified atom stereocenters. The normalized spacial score (nSPS) is 15.0. The topological polar surface area (TPSA) is 52.9 Å². The molecule has 0 aromatic carbocycles. The van der Waals surface area contributed by atoms with Crippen molar-refractivity contribution in [3.05, 3.63) is 0 Å². The molecule has 0 amide bonds. The van der Waals surface area contributed by atoms with Gasteiger partial charge in [0.05, 0.1) is 18.5 Å². The maximum Gasteiger partial charge on any atom is 0.106 e. The molecule has 0 aliphatic rings. The van der Waals surface area contributed by atoms with Gasteiger partial charge in [-0.3, -0.25) is 9.19 Å². The van der Waals surface area contributed by atoms with Gasteiger partial charge in [-0.1, -0.05) is 0 Å². The van der Waals surface area contributed by atoms with E-state index in [1.807, 2.05) is 6.92 Å². The molecular formula is C7H18ClNO3. The van der Waals surface area contributed by atoms with Crippen LogP contribution in [0.3, 0.4) is 0 Å². The molecule has 0 aliphatic heterocycles. The van der Waals surface area contributed by atoms with E-state index in [1.165, 1.54) is 4.90 Å². The molecule has 0 aliphatic carbocycles. The lowest BCUT2D eigenvalue weighted by atomic mass is 10.5. The minimum Gasteiger partial charge on any atom is -0.379 e. The minimum atomic E-state index is -0.574. The first-order chi connectivity index (χ1) is 5.47. The summed E-state index contributed by atoms with van der Waals surface area (Å²) in [6.45, 7) is 5.62. The predicted octanol–water partition coefficient (Wildman–Crippen LogP) is 0.771. The Balaban J connectivity index is 0. The Morgan fingerprint density at radius 3 is 1.58 bits per heavy atom. The molecule has 0 rings (SSSR count). The zero-order valence-corrected chi connectivity index (χ0v) is 8.75. The average Bonchev–Trinajstić information content (AvgIpc) is 2.03. The number of hydrogen-bond acceptors (Lipinski definition) is 4. The first kappa shape index (κ1) is 14.6. The second kappa shape index (κ2) is 9.22. The zero-order valence-electron chi connectivity index (χ0n) is 7.99. The zero-order chi connectivity index (χ0) is 10.1. The highest BCUT2D eigenvalue weighted by molar-refractivity contribution is 6.07. The molecule has 0 fully saturated rings. The SMILES string of the molecule is CC(O)N(C)C(C)O.CCOCl. The predicted molar refractivity (Wildman–Crippen MR) is 48.6 cm³/mol. The molecule has 5 heteroatoms. The minimum absolute atomic E-state index is 0.574. The number of nitrogens with zero attached hydrogens (tertiary/aromatic N) is 1. The van der Waals surface area contributed by atoms with Gasteiger partial charge < -0.3 is 10.2 Å². The van der Waals surface area contributed by atoms with E-state index < -0.39 is 12.5 Å². The Hall–Kier alpha value is 0.130. The lowest BCUT2D eigenvalue weighted by Gasteiger charge is -2.22. The summed E-state index contributed by atoms with van der Waals surface area (Å²) in [5.74, 6) is 0. The Labute approximate surface area is 78.9 Å². The van der Waals surface area contributed by atoms with Crippen molar-refractivity contribution < 1.29 is 14.5 Å². The van der Waals surface area contributed by atoms with Gasteiger partial charge in [0.25, 0.3) is 0 Å². The van der Waals surface area contributed by atoms with Crippen molar-refractivity contribution in [1.82, 2.24) is 4.90 Å². The van der Waals surface area contributed by atoms with Gasteiger partial charge in [0.15, 0.2) is 0 Å². The van der Waals surface area contributed by atoms with Gasteiger partial charge in [-0.05, 0) is 27.8 Å². The quantitative estimate of drug-likeness (QED) is 0.660. The van der Waals surface area contributed by atoms with Gasteiger partial charge in [-0.25, -0.2) is 0 Å². The Morgan fingerprint density at radius 2 is 1.58 bits per heavy atom. The van der Waals surface area contributed by atoms with Crippen molar-refractivity contribution in [2.75, 3.05) is 13.7 Å². The summed E-state index contributed by atoms with van der Waals surface area (Å²) < 4.78 is 4.01. The van der Waals surface area contributed by atoms with E-state index in [2.05, 4.69) is 16.2 Å². The fourth-order valence-corrected chi connectivity index (χ4v) is 0.312. The van der Waals surface area contributed by atoms with Crippen molar-refractivity contribution >= 4 is 11.9 Å². The van der Waals surface area contributed by atoms with Crippen molar-refractivity contribution in [3.63, 3.8) is 0 Å². The molecule has 0 aromatic heterocycles. The van der Waals surface area contributed by atoms with Crippen LogP contribution < -0.4 is 0 Å². The summed E-state index contributed by atoms with van der Waals surface area (Å²) in [6, 6.07) is 0. The molecule has 2 atom stereocenters. The number of aliphatic hydroxyl groups excluding tert-OH is 2. The van der Waals surface area contributed by atoms with E-state index in [9.17, 15) is 0 Å². The monoisotopic (exact) mass is 199 g/mol. The lowest BCUT2D eigenvalue weighted by Crippen LogP contribution is -2.36. The number of hydrogen-bond donors (Lipinski definition) is 2. The Kier molecular flexibility index (Phi) is 11.3. The van der Waals surface area contributed by atoms with Crippen LogP contribution in [0.5, 0.6) is 0 Å². The van der Waals surface area contributed by atoms with Crippen LogP contribution in [-0.4, -0.2) is 41.2 Å². The second-order valence-electron chi connectivity index (χ2n) is 2.33. The van der Waals surface area contributed by atoms with Gasteiger partial charge in [0.1, 0.15) is 12.5 Å².